The molecule has 1 saturated heterocycles. The van der Waals surface area contributed by atoms with Crippen LogP contribution in [0.5, 0.6) is 0 Å². The molecule has 6 nitrogen and oxygen atoms in total. The summed E-state index contributed by atoms with van der Waals surface area (Å²) in [5.74, 6) is -1.14. The Kier molecular flexibility index (Phi) is 6.67. The molecule has 1 rings (SSSR count). The molecule has 104 valence electrons. The second-order valence-electron chi connectivity index (χ2n) is 4.71. The standard InChI is InChI=1S/C12H23N3O3/c13-6-2-1-3-10(12(17)18)15-11(16)9-4-7-14-8-5-9/h9-10,14H,1-8,13H2,(H,15,16)(H,17,18)/t10-/m0/s1. The predicted octanol–water partition coefficient (Wildman–Crippen LogP) is -0.316. The smallest absolute Gasteiger partial charge is 0.326 e. The zero-order chi connectivity index (χ0) is 13.4. The summed E-state index contributed by atoms with van der Waals surface area (Å²) in [6.45, 7) is 2.20. The number of unbranched alkanes of at least 4 members (excludes halogenated alkanes) is 1. The van der Waals surface area contributed by atoms with E-state index in [1.807, 2.05) is 0 Å². The molecule has 1 aliphatic heterocycles. The van der Waals surface area contributed by atoms with Gasteiger partial charge in [-0.2, -0.15) is 0 Å². The minimum atomic E-state index is -0.964. The highest BCUT2D eigenvalue weighted by atomic mass is 16.4. The van der Waals surface area contributed by atoms with Crippen LogP contribution in [-0.4, -0.2) is 42.7 Å². The largest absolute Gasteiger partial charge is 0.480 e. The summed E-state index contributed by atoms with van der Waals surface area (Å²) in [5, 5.41) is 14.9. The molecule has 1 aliphatic rings. The van der Waals surface area contributed by atoms with Gasteiger partial charge >= 0.3 is 5.97 Å². The molecule has 1 atom stereocenters. The zero-order valence-corrected chi connectivity index (χ0v) is 10.7. The van der Waals surface area contributed by atoms with Crippen LogP contribution in [-0.2, 0) is 9.59 Å². The minimum absolute atomic E-state index is 0.0531. The Bertz CT molecular complexity index is 278. The van der Waals surface area contributed by atoms with Gasteiger partial charge in [-0.1, -0.05) is 0 Å². The lowest BCUT2D eigenvalue weighted by atomic mass is 9.96. The van der Waals surface area contributed by atoms with Crippen molar-refractivity contribution in [1.29, 1.82) is 0 Å². The van der Waals surface area contributed by atoms with E-state index in [1.54, 1.807) is 0 Å². The maximum Gasteiger partial charge on any atom is 0.326 e. The van der Waals surface area contributed by atoms with E-state index in [1.165, 1.54) is 0 Å². The van der Waals surface area contributed by atoms with E-state index in [0.29, 0.717) is 13.0 Å². The number of carbonyl (C=O) groups excluding carboxylic acids is 1. The average molecular weight is 257 g/mol. The molecule has 0 saturated carbocycles. The molecule has 1 amide bonds. The molecule has 6 heteroatoms. The van der Waals surface area contributed by atoms with Gasteiger partial charge in [0.15, 0.2) is 0 Å². The van der Waals surface area contributed by atoms with Crippen molar-refractivity contribution in [3.05, 3.63) is 0 Å². The first kappa shape index (κ1) is 14.9. The van der Waals surface area contributed by atoms with Gasteiger partial charge in [0.05, 0.1) is 0 Å². The lowest BCUT2D eigenvalue weighted by Crippen LogP contribution is -2.46. The van der Waals surface area contributed by atoms with Crippen LogP contribution in [0, 0.1) is 5.92 Å². The molecule has 1 heterocycles. The van der Waals surface area contributed by atoms with E-state index in [-0.39, 0.29) is 11.8 Å². The molecule has 0 unspecified atom stereocenters. The van der Waals surface area contributed by atoms with E-state index in [9.17, 15) is 9.59 Å². The topological polar surface area (TPSA) is 104 Å². The van der Waals surface area contributed by atoms with E-state index < -0.39 is 12.0 Å². The van der Waals surface area contributed by atoms with Gasteiger partial charge < -0.3 is 21.5 Å². The van der Waals surface area contributed by atoms with Crippen molar-refractivity contribution in [2.24, 2.45) is 11.7 Å². The van der Waals surface area contributed by atoms with Gasteiger partial charge in [0.2, 0.25) is 5.91 Å². The van der Waals surface area contributed by atoms with Gasteiger partial charge in [0, 0.05) is 5.92 Å². The molecule has 0 radical (unpaired) electrons. The summed E-state index contributed by atoms with van der Waals surface area (Å²) in [6, 6.07) is -0.779. The van der Waals surface area contributed by atoms with Crippen molar-refractivity contribution in [1.82, 2.24) is 10.6 Å². The fraction of sp³-hybridized carbons (Fsp3) is 0.833. The summed E-state index contributed by atoms with van der Waals surface area (Å²) in [7, 11) is 0. The van der Waals surface area contributed by atoms with Crippen molar-refractivity contribution in [3.63, 3.8) is 0 Å². The number of hydrogen-bond acceptors (Lipinski definition) is 4. The third kappa shape index (κ3) is 5.01. The Morgan fingerprint density at radius 1 is 1.33 bits per heavy atom. The maximum absolute atomic E-state index is 11.9. The minimum Gasteiger partial charge on any atom is -0.480 e. The van der Waals surface area contributed by atoms with Gasteiger partial charge in [-0.25, -0.2) is 4.79 Å². The molecule has 0 spiro atoms. The van der Waals surface area contributed by atoms with E-state index >= 15 is 0 Å². The Balaban J connectivity index is 2.38. The number of nitrogens with two attached hydrogens (primary N) is 1. The first-order chi connectivity index (χ1) is 8.65. The van der Waals surface area contributed by atoms with Gasteiger partial charge in [-0.05, 0) is 51.7 Å². The quantitative estimate of drug-likeness (QED) is 0.468. The molecule has 0 aliphatic carbocycles. The second-order valence-corrected chi connectivity index (χ2v) is 4.71. The SMILES string of the molecule is NCCCC[C@H](NC(=O)C1CCNCC1)C(=O)O. The number of nitrogens with one attached hydrogen (secondary N) is 2. The molecular formula is C12H23N3O3. The highest BCUT2D eigenvalue weighted by Crippen LogP contribution is 2.12. The number of amides is 1. The van der Waals surface area contributed by atoms with Crippen molar-refractivity contribution >= 4 is 11.9 Å². The summed E-state index contributed by atoms with van der Waals surface area (Å²) < 4.78 is 0. The van der Waals surface area contributed by atoms with Crippen molar-refractivity contribution in [2.75, 3.05) is 19.6 Å². The summed E-state index contributed by atoms with van der Waals surface area (Å²) in [5.41, 5.74) is 5.37. The van der Waals surface area contributed by atoms with Crippen LogP contribution in [0.3, 0.4) is 0 Å². The molecule has 0 aromatic rings. The third-order valence-corrected chi connectivity index (χ3v) is 3.27. The number of piperidine rings is 1. The average Bonchev–Trinajstić information content (AvgIpc) is 2.38. The van der Waals surface area contributed by atoms with Crippen LogP contribution in [0.4, 0.5) is 0 Å². The number of carboxylic acid groups (broad SMARTS) is 1. The highest BCUT2D eigenvalue weighted by molar-refractivity contribution is 5.85. The molecule has 18 heavy (non-hydrogen) atoms. The summed E-state index contributed by atoms with van der Waals surface area (Å²) >= 11 is 0. The Hall–Kier alpha value is -1.14. The first-order valence-electron chi connectivity index (χ1n) is 6.59. The third-order valence-electron chi connectivity index (χ3n) is 3.27. The summed E-state index contributed by atoms with van der Waals surface area (Å²) in [4.78, 5) is 23.0. The van der Waals surface area contributed by atoms with Crippen LogP contribution in [0.15, 0.2) is 0 Å². The Morgan fingerprint density at radius 2 is 2.00 bits per heavy atom. The van der Waals surface area contributed by atoms with Crippen molar-refractivity contribution < 1.29 is 14.7 Å². The van der Waals surface area contributed by atoms with Gasteiger partial charge in [0.1, 0.15) is 6.04 Å². The Labute approximate surface area is 107 Å². The first-order valence-corrected chi connectivity index (χ1v) is 6.59. The van der Waals surface area contributed by atoms with Crippen LogP contribution in [0.1, 0.15) is 32.1 Å². The van der Waals surface area contributed by atoms with E-state index in [4.69, 9.17) is 10.8 Å². The fourth-order valence-electron chi connectivity index (χ4n) is 2.12. The van der Waals surface area contributed by atoms with Crippen molar-refractivity contribution in [3.8, 4) is 0 Å². The van der Waals surface area contributed by atoms with Gasteiger partial charge in [-0.15, -0.1) is 0 Å². The van der Waals surface area contributed by atoms with Crippen LogP contribution >= 0.6 is 0 Å². The van der Waals surface area contributed by atoms with Crippen molar-refractivity contribution in [2.45, 2.75) is 38.1 Å². The fourth-order valence-corrected chi connectivity index (χ4v) is 2.12. The monoisotopic (exact) mass is 257 g/mol. The molecule has 0 aromatic heterocycles. The van der Waals surface area contributed by atoms with Crippen LogP contribution < -0.4 is 16.4 Å². The molecule has 0 bridgehead atoms. The molecule has 1 fully saturated rings. The lowest BCUT2D eigenvalue weighted by molar-refractivity contribution is -0.142. The summed E-state index contributed by atoms with van der Waals surface area (Å²) in [6.07, 6.45) is 3.51. The molecular weight excluding hydrogens is 234 g/mol. The van der Waals surface area contributed by atoms with E-state index in [2.05, 4.69) is 10.6 Å². The maximum atomic E-state index is 11.9. The van der Waals surface area contributed by atoms with Gasteiger partial charge in [0.25, 0.3) is 0 Å². The lowest BCUT2D eigenvalue weighted by Gasteiger charge is -2.23. The number of aliphatic carboxylic acids is 1. The normalized spacial score (nSPS) is 18.3. The van der Waals surface area contributed by atoms with Crippen LogP contribution in [0.2, 0.25) is 0 Å². The highest BCUT2D eigenvalue weighted by Gasteiger charge is 2.25. The van der Waals surface area contributed by atoms with Crippen LogP contribution in [0.25, 0.3) is 0 Å². The zero-order valence-electron chi connectivity index (χ0n) is 10.7. The predicted molar refractivity (Wildman–Crippen MR) is 68.1 cm³/mol. The van der Waals surface area contributed by atoms with Gasteiger partial charge in [-0.3, -0.25) is 4.79 Å². The molecule has 5 N–H and O–H groups in total. The molecule has 0 aromatic carbocycles. The Morgan fingerprint density at radius 3 is 2.56 bits per heavy atom. The second kappa shape index (κ2) is 8.05. The number of carbonyl (C=O) groups is 2. The number of carboxylic acids is 1. The number of hydrogen-bond donors (Lipinski definition) is 4. The van der Waals surface area contributed by atoms with E-state index in [0.717, 1.165) is 38.8 Å². The number of rotatable bonds is 7.